The number of rotatable bonds is 7. The molecule has 3 N–H and O–H groups in total. The molecule has 3 saturated heterocycles. The van der Waals surface area contributed by atoms with E-state index >= 15 is 0 Å². The average Bonchev–Trinajstić information content (AvgIpc) is 3.80. The Kier molecular flexibility index (Phi) is 9.08. The van der Waals surface area contributed by atoms with E-state index in [-0.39, 0.29) is 29.7 Å². The van der Waals surface area contributed by atoms with Gasteiger partial charge in [0.2, 0.25) is 11.8 Å². The molecule has 53 heavy (non-hydrogen) atoms. The number of hydrogen-bond donors (Lipinski definition) is 3. The number of nitrogens with zero attached hydrogens (tertiary/aromatic N) is 6. The van der Waals surface area contributed by atoms with Gasteiger partial charge in [-0.2, -0.15) is 5.10 Å². The molecular formula is C40H45N9O3S. The molecule has 0 bridgehead atoms. The van der Waals surface area contributed by atoms with Gasteiger partial charge in [0.15, 0.2) is 0 Å². The molecule has 0 spiro atoms. The van der Waals surface area contributed by atoms with Gasteiger partial charge in [0, 0.05) is 104 Å². The standard InChI is InChI=1S/C40H45N9O3S/c1-25-22-41-37-36-31-6-8-32(44-33(31)9-10-34(36)53-38(37)40(52)43-25)27-23-42-49(24-27)29-12-14-46(15-13-29)16-17-47-18-20-48(21-19-47)28-4-2-26(3-5-28)30-7-11-35(50)45-39(30)51/h2-6,8-10,23-25,29-30,41H,7,11-22H2,1H3,(H,43,52)(H,45,50,51)/t25-,30?/m1/s1. The summed E-state index contributed by atoms with van der Waals surface area (Å²) in [6.45, 7) is 11.1. The fraction of sp³-hybridized carbons (Fsp3) is 0.425. The minimum absolute atomic E-state index is 0.0149. The van der Waals surface area contributed by atoms with E-state index in [1.54, 1.807) is 0 Å². The van der Waals surface area contributed by atoms with Gasteiger partial charge in [0.1, 0.15) is 4.88 Å². The van der Waals surface area contributed by atoms with Gasteiger partial charge in [0.05, 0.1) is 35.1 Å². The first kappa shape index (κ1) is 34.0. The number of hydrogen-bond acceptors (Lipinski definition) is 10. The highest BCUT2D eigenvalue weighted by Gasteiger charge is 2.29. The number of amides is 3. The maximum atomic E-state index is 12.8. The van der Waals surface area contributed by atoms with Gasteiger partial charge in [-0.1, -0.05) is 12.1 Å². The van der Waals surface area contributed by atoms with Crippen LogP contribution >= 0.6 is 11.3 Å². The number of piperazine rings is 1. The van der Waals surface area contributed by atoms with Crippen LogP contribution in [-0.4, -0.2) is 107 Å². The van der Waals surface area contributed by atoms with Gasteiger partial charge >= 0.3 is 0 Å². The minimum Gasteiger partial charge on any atom is -0.381 e. The number of anilines is 2. The smallest absolute Gasteiger partial charge is 0.263 e. The number of imide groups is 1. The Morgan fingerprint density at radius 3 is 2.42 bits per heavy atom. The lowest BCUT2D eigenvalue weighted by molar-refractivity contribution is -0.134. The number of pyridine rings is 1. The van der Waals surface area contributed by atoms with Crippen LogP contribution < -0.4 is 20.9 Å². The molecule has 4 aliphatic rings. The van der Waals surface area contributed by atoms with Crippen molar-refractivity contribution in [2.75, 3.05) is 69.1 Å². The van der Waals surface area contributed by atoms with E-state index in [1.165, 1.54) is 17.0 Å². The molecule has 3 fully saturated rings. The van der Waals surface area contributed by atoms with Crippen molar-refractivity contribution in [3.05, 3.63) is 71.4 Å². The first-order valence-electron chi connectivity index (χ1n) is 18.9. The lowest BCUT2D eigenvalue weighted by Gasteiger charge is -2.38. The van der Waals surface area contributed by atoms with Crippen molar-refractivity contribution in [2.45, 2.75) is 50.6 Å². The van der Waals surface area contributed by atoms with Crippen molar-refractivity contribution in [2.24, 2.45) is 0 Å². The van der Waals surface area contributed by atoms with Crippen LogP contribution in [0, 0.1) is 0 Å². The summed E-state index contributed by atoms with van der Waals surface area (Å²) in [6, 6.07) is 17.1. The van der Waals surface area contributed by atoms with Crippen LogP contribution in [0.25, 0.3) is 32.2 Å². The van der Waals surface area contributed by atoms with Crippen molar-refractivity contribution >= 4 is 61.4 Å². The SMILES string of the molecule is C[C@@H]1CNc2c(sc3ccc4nc(-c5cnn(C6CCN(CCN7CCN(c8ccc(C9CCC(=O)NC9=O)cc8)CC7)CC6)c5)ccc4c23)C(=O)N1. The normalized spacial score (nSPS) is 22.1. The second-order valence-electron chi connectivity index (χ2n) is 15.0. The van der Waals surface area contributed by atoms with Gasteiger partial charge in [0.25, 0.3) is 5.91 Å². The fourth-order valence-corrected chi connectivity index (χ4v) is 9.50. The zero-order valence-corrected chi connectivity index (χ0v) is 30.8. The molecule has 0 saturated carbocycles. The lowest BCUT2D eigenvalue weighted by Crippen LogP contribution is -2.49. The zero-order chi connectivity index (χ0) is 36.1. The third kappa shape index (κ3) is 6.77. The van der Waals surface area contributed by atoms with E-state index < -0.39 is 0 Å². The van der Waals surface area contributed by atoms with Gasteiger partial charge in [-0.3, -0.25) is 29.3 Å². The molecule has 13 heteroatoms. The second kappa shape index (κ2) is 14.2. The fourth-order valence-electron chi connectivity index (χ4n) is 8.41. The quantitative estimate of drug-likeness (QED) is 0.202. The molecule has 5 aromatic rings. The van der Waals surface area contributed by atoms with E-state index in [1.807, 2.05) is 25.3 Å². The summed E-state index contributed by atoms with van der Waals surface area (Å²) in [4.78, 5) is 50.0. The Hall–Kier alpha value is -4.85. The highest BCUT2D eigenvalue weighted by atomic mass is 32.1. The maximum Gasteiger partial charge on any atom is 0.263 e. The number of piperidine rings is 2. The lowest BCUT2D eigenvalue weighted by atomic mass is 9.90. The highest BCUT2D eigenvalue weighted by molar-refractivity contribution is 7.21. The van der Waals surface area contributed by atoms with E-state index in [0.29, 0.717) is 25.4 Å². The third-order valence-electron chi connectivity index (χ3n) is 11.5. The molecule has 3 aromatic heterocycles. The summed E-state index contributed by atoms with van der Waals surface area (Å²) in [6.07, 6.45) is 7.23. The van der Waals surface area contributed by atoms with Crippen LogP contribution in [0.2, 0.25) is 0 Å². The van der Waals surface area contributed by atoms with Crippen LogP contribution in [0.5, 0.6) is 0 Å². The molecule has 2 aromatic carbocycles. The topological polar surface area (TPSA) is 128 Å². The summed E-state index contributed by atoms with van der Waals surface area (Å²) in [7, 11) is 0. The Balaban J connectivity index is 0.762. The Morgan fingerprint density at radius 1 is 0.868 bits per heavy atom. The number of fused-ring (bicyclic) bond motifs is 5. The summed E-state index contributed by atoms with van der Waals surface area (Å²) in [5.74, 6) is -0.609. The monoisotopic (exact) mass is 731 g/mol. The molecular weight excluding hydrogens is 687 g/mol. The number of benzene rings is 2. The number of nitrogens with one attached hydrogen (secondary N) is 3. The minimum atomic E-state index is -0.237. The predicted octanol–water partition coefficient (Wildman–Crippen LogP) is 4.84. The summed E-state index contributed by atoms with van der Waals surface area (Å²) in [5, 5.41) is 16.0. The van der Waals surface area contributed by atoms with E-state index in [9.17, 15) is 14.4 Å². The molecule has 0 radical (unpaired) electrons. The first-order chi connectivity index (χ1) is 25.9. The van der Waals surface area contributed by atoms with Crippen LogP contribution in [0.15, 0.2) is 60.9 Å². The highest BCUT2D eigenvalue weighted by Crippen LogP contribution is 2.41. The molecule has 12 nitrogen and oxygen atoms in total. The van der Waals surface area contributed by atoms with E-state index in [2.05, 4.69) is 77.9 Å². The molecule has 4 aliphatic heterocycles. The molecule has 1 unspecified atom stereocenters. The van der Waals surface area contributed by atoms with Gasteiger partial charge in [-0.25, -0.2) is 4.98 Å². The third-order valence-corrected chi connectivity index (χ3v) is 12.7. The van der Waals surface area contributed by atoms with Crippen LogP contribution in [-0.2, 0) is 9.59 Å². The molecule has 0 aliphatic carbocycles. The van der Waals surface area contributed by atoms with Gasteiger partial charge in [-0.15, -0.1) is 11.3 Å². The van der Waals surface area contributed by atoms with Crippen LogP contribution in [0.4, 0.5) is 11.4 Å². The zero-order valence-electron chi connectivity index (χ0n) is 30.0. The molecule has 274 valence electrons. The molecule has 2 atom stereocenters. The Morgan fingerprint density at radius 2 is 1.64 bits per heavy atom. The van der Waals surface area contributed by atoms with Crippen molar-refractivity contribution in [1.29, 1.82) is 0 Å². The number of thiophene rings is 1. The van der Waals surface area contributed by atoms with Crippen molar-refractivity contribution in [1.82, 2.24) is 35.2 Å². The van der Waals surface area contributed by atoms with Crippen molar-refractivity contribution in [3.63, 3.8) is 0 Å². The van der Waals surface area contributed by atoms with Gasteiger partial charge < -0.3 is 20.4 Å². The predicted molar refractivity (Wildman–Crippen MR) is 209 cm³/mol. The summed E-state index contributed by atoms with van der Waals surface area (Å²) < 4.78 is 3.23. The van der Waals surface area contributed by atoms with E-state index in [0.717, 1.165) is 114 Å². The Labute approximate surface area is 312 Å². The summed E-state index contributed by atoms with van der Waals surface area (Å²) >= 11 is 1.53. The number of aromatic nitrogens is 3. The number of likely N-dealkylation sites (tertiary alicyclic amines) is 1. The van der Waals surface area contributed by atoms with Crippen molar-refractivity contribution < 1.29 is 14.4 Å². The molecule has 3 amide bonds. The first-order valence-corrected chi connectivity index (χ1v) is 19.8. The second-order valence-corrected chi connectivity index (χ2v) is 16.0. The maximum absolute atomic E-state index is 12.8. The van der Waals surface area contributed by atoms with Crippen LogP contribution in [0.3, 0.4) is 0 Å². The molecule has 9 rings (SSSR count). The van der Waals surface area contributed by atoms with Crippen LogP contribution in [0.1, 0.15) is 59.8 Å². The largest absolute Gasteiger partial charge is 0.381 e. The van der Waals surface area contributed by atoms with E-state index in [4.69, 9.17) is 10.1 Å². The molecule has 7 heterocycles. The summed E-state index contributed by atoms with van der Waals surface area (Å²) in [5.41, 5.74) is 5.94. The Bertz CT molecular complexity index is 2180. The van der Waals surface area contributed by atoms with Crippen molar-refractivity contribution in [3.8, 4) is 11.3 Å². The average molecular weight is 732 g/mol. The number of carbonyl (C=O) groups excluding carboxylic acids is 3. The van der Waals surface area contributed by atoms with Gasteiger partial charge in [-0.05, 0) is 68.1 Å². The number of carbonyl (C=O) groups is 3.